The van der Waals surface area contributed by atoms with Crippen LogP contribution in [0.4, 0.5) is 0 Å². The monoisotopic (exact) mass is 189 g/mol. The number of aliphatic hydroxyl groups excluding tert-OH is 2. The van der Waals surface area contributed by atoms with Crippen molar-refractivity contribution in [3.63, 3.8) is 0 Å². The molecule has 0 bridgehead atoms. The van der Waals surface area contributed by atoms with Gasteiger partial charge in [0.2, 0.25) is 6.41 Å². The van der Waals surface area contributed by atoms with Crippen molar-refractivity contribution in [2.75, 3.05) is 6.61 Å². The molecule has 1 unspecified atom stereocenters. The van der Waals surface area contributed by atoms with Crippen LogP contribution in [0.5, 0.6) is 0 Å². The molecule has 4 nitrogen and oxygen atoms in total. The fourth-order valence-corrected chi connectivity index (χ4v) is 0.747. The minimum absolute atomic E-state index is 0.117. The molecule has 0 heterocycles. The molecule has 0 aromatic rings. The summed E-state index contributed by atoms with van der Waals surface area (Å²) < 4.78 is 5.16. The van der Waals surface area contributed by atoms with Crippen LogP contribution >= 0.6 is 0 Å². The lowest BCUT2D eigenvalue weighted by Crippen LogP contribution is -2.44. The van der Waals surface area contributed by atoms with Gasteiger partial charge in [-0.15, -0.1) is 6.58 Å². The topological polar surface area (TPSA) is 61.7 Å². The molecule has 0 spiro atoms. The zero-order valence-corrected chi connectivity index (χ0v) is 8.45. The number of aliphatic hydroxyl groups is 2. The van der Waals surface area contributed by atoms with Gasteiger partial charge in [0.05, 0.1) is 18.2 Å². The highest BCUT2D eigenvalue weighted by Crippen LogP contribution is 2.08. The quantitative estimate of drug-likeness (QED) is 0.427. The lowest BCUT2D eigenvalue weighted by atomic mass is 10.2. The summed E-state index contributed by atoms with van der Waals surface area (Å²) in [7, 11) is 0. The smallest absolute Gasteiger partial charge is 0.214 e. The molecule has 0 fully saturated rings. The standard InChI is InChI=1S/C9H19NO3/c1-5-7(6-11)10-8(12)13-9(2,3)4/h5,7-8,10-12H,1,6H2,2-4H3/t7-,8?/m0/s1. The van der Waals surface area contributed by atoms with Crippen LogP contribution in [0.15, 0.2) is 12.7 Å². The van der Waals surface area contributed by atoms with E-state index in [0.717, 1.165) is 0 Å². The van der Waals surface area contributed by atoms with Crippen LogP contribution < -0.4 is 5.32 Å². The van der Waals surface area contributed by atoms with E-state index in [-0.39, 0.29) is 12.6 Å². The Bertz CT molecular complexity index is 153. The summed E-state index contributed by atoms with van der Waals surface area (Å²) in [4.78, 5) is 0. The molecule has 4 heteroatoms. The maximum absolute atomic E-state index is 9.33. The van der Waals surface area contributed by atoms with E-state index in [0.29, 0.717) is 0 Å². The number of hydrogen-bond donors (Lipinski definition) is 3. The molecule has 0 aliphatic heterocycles. The molecule has 0 saturated carbocycles. The SMILES string of the molecule is C=C[C@@H](CO)NC(O)OC(C)(C)C. The first kappa shape index (κ1) is 12.6. The molecule has 0 aliphatic carbocycles. The maximum Gasteiger partial charge on any atom is 0.214 e. The lowest BCUT2D eigenvalue weighted by molar-refractivity contribution is -0.184. The average Bonchev–Trinajstić information content (AvgIpc) is 1.96. The number of hydrogen-bond acceptors (Lipinski definition) is 4. The summed E-state index contributed by atoms with van der Waals surface area (Å²) in [6.45, 7) is 8.87. The van der Waals surface area contributed by atoms with Gasteiger partial charge >= 0.3 is 0 Å². The first-order valence-electron chi connectivity index (χ1n) is 4.24. The van der Waals surface area contributed by atoms with Crippen molar-refractivity contribution in [2.24, 2.45) is 0 Å². The van der Waals surface area contributed by atoms with E-state index in [1.807, 2.05) is 20.8 Å². The Balaban J connectivity index is 3.85. The van der Waals surface area contributed by atoms with E-state index in [1.54, 1.807) is 0 Å². The third-order valence-corrected chi connectivity index (χ3v) is 1.30. The first-order chi connectivity index (χ1) is 5.89. The van der Waals surface area contributed by atoms with Crippen molar-refractivity contribution in [3.05, 3.63) is 12.7 Å². The van der Waals surface area contributed by atoms with Gasteiger partial charge in [-0.25, -0.2) is 0 Å². The van der Waals surface area contributed by atoms with Gasteiger partial charge in [0.25, 0.3) is 0 Å². The van der Waals surface area contributed by atoms with Crippen molar-refractivity contribution < 1.29 is 14.9 Å². The van der Waals surface area contributed by atoms with Gasteiger partial charge in [-0.1, -0.05) is 6.08 Å². The predicted molar refractivity (Wildman–Crippen MR) is 51.1 cm³/mol. The van der Waals surface area contributed by atoms with Crippen molar-refractivity contribution in [3.8, 4) is 0 Å². The second-order valence-electron chi connectivity index (χ2n) is 3.77. The Labute approximate surface area is 79.2 Å². The Morgan fingerprint density at radius 1 is 1.54 bits per heavy atom. The molecule has 0 radical (unpaired) electrons. The summed E-state index contributed by atoms with van der Waals surface area (Å²) in [5, 5.41) is 20.7. The number of ether oxygens (including phenoxy) is 1. The van der Waals surface area contributed by atoms with Crippen LogP contribution in [-0.2, 0) is 4.74 Å². The molecule has 0 aliphatic rings. The van der Waals surface area contributed by atoms with Crippen LogP contribution in [0.3, 0.4) is 0 Å². The molecule has 0 saturated heterocycles. The second-order valence-corrected chi connectivity index (χ2v) is 3.77. The second kappa shape index (κ2) is 5.34. The summed E-state index contributed by atoms with van der Waals surface area (Å²) in [6.07, 6.45) is 0.421. The molecular formula is C9H19NO3. The normalized spacial score (nSPS) is 16.7. The van der Waals surface area contributed by atoms with Crippen molar-refractivity contribution in [1.29, 1.82) is 0 Å². The Hall–Kier alpha value is -0.420. The molecule has 13 heavy (non-hydrogen) atoms. The van der Waals surface area contributed by atoms with Gasteiger partial charge in [-0.3, -0.25) is 5.32 Å². The summed E-state index contributed by atoms with van der Waals surface area (Å²) in [6, 6.07) is -0.350. The Morgan fingerprint density at radius 3 is 2.38 bits per heavy atom. The van der Waals surface area contributed by atoms with Crippen LogP contribution in [0, 0.1) is 0 Å². The highest BCUT2D eigenvalue weighted by atomic mass is 16.6. The molecule has 0 amide bonds. The van der Waals surface area contributed by atoms with Gasteiger partial charge in [-0.2, -0.15) is 0 Å². The fraction of sp³-hybridized carbons (Fsp3) is 0.778. The molecule has 0 aromatic heterocycles. The van der Waals surface area contributed by atoms with E-state index >= 15 is 0 Å². The van der Waals surface area contributed by atoms with E-state index < -0.39 is 12.0 Å². The summed E-state index contributed by atoms with van der Waals surface area (Å²) >= 11 is 0. The molecule has 78 valence electrons. The zero-order chi connectivity index (χ0) is 10.5. The molecule has 0 aromatic carbocycles. The summed E-state index contributed by atoms with van der Waals surface area (Å²) in [5.74, 6) is 0. The van der Waals surface area contributed by atoms with Crippen molar-refractivity contribution in [1.82, 2.24) is 5.32 Å². The predicted octanol–water partition coefficient (Wildman–Crippen LogP) is 0.214. The summed E-state index contributed by atoms with van der Waals surface area (Å²) in [5.41, 5.74) is -0.423. The first-order valence-corrected chi connectivity index (χ1v) is 4.24. The Kier molecular flexibility index (Phi) is 5.17. The van der Waals surface area contributed by atoms with Crippen LogP contribution in [0.25, 0.3) is 0 Å². The number of rotatable bonds is 5. The molecule has 2 atom stereocenters. The van der Waals surface area contributed by atoms with Crippen molar-refractivity contribution >= 4 is 0 Å². The molecular weight excluding hydrogens is 170 g/mol. The van der Waals surface area contributed by atoms with Gasteiger partial charge in [0.15, 0.2) is 0 Å². The maximum atomic E-state index is 9.33. The van der Waals surface area contributed by atoms with Gasteiger partial charge in [0, 0.05) is 0 Å². The third kappa shape index (κ3) is 6.72. The van der Waals surface area contributed by atoms with Gasteiger partial charge in [0.1, 0.15) is 0 Å². The van der Waals surface area contributed by atoms with Crippen molar-refractivity contribution in [2.45, 2.75) is 38.8 Å². The fourth-order valence-electron chi connectivity index (χ4n) is 0.747. The largest absolute Gasteiger partial charge is 0.394 e. The van der Waals surface area contributed by atoms with Crippen LogP contribution in [0.1, 0.15) is 20.8 Å². The van der Waals surface area contributed by atoms with E-state index in [2.05, 4.69) is 11.9 Å². The molecule has 0 rings (SSSR count). The minimum atomic E-state index is -1.09. The molecule has 3 N–H and O–H groups in total. The minimum Gasteiger partial charge on any atom is -0.394 e. The van der Waals surface area contributed by atoms with E-state index in [1.165, 1.54) is 6.08 Å². The highest BCUT2D eigenvalue weighted by molar-refractivity contribution is 4.84. The van der Waals surface area contributed by atoms with Crippen LogP contribution in [0.2, 0.25) is 0 Å². The zero-order valence-electron chi connectivity index (χ0n) is 8.45. The average molecular weight is 189 g/mol. The van der Waals surface area contributed by atoms with Crippen LogP contribution in [-0.4, -0.2) is 34.9 Å². The highest BCUT2D eigenvalue weighted by Gasteiger charge is 2.17. The third-order valence-electron chi connectivity index (χ3n) is 1.30. The Morgan fingerprint density at radius 2 is 2.08 bits per heavy atom. The lowest BCUT2D eigenvalue weighted by Gasteiger charge is -2.26. The van der Waals surface area contributed by atoms with Gasteiger partial charge in [-0.05, 0) is 20.8 Å². The van der Waals surface area contributed by atoms with Gasteiger partial charge < -0.3 is 14.9 Å². The van der Waals surface area contributed by atoms with E-state index in [9.17, 15) is 5.11 Å². The van der Waals surface area contributed by atoms with E-state index in [4.69, 9.17) is 9.84 Å². The number of nitrogens with one attached hydrogen (secondary N) is 1.